The summed E-state index contributed by atoms with van der Waals surface area (Å²) >= 11 is 0. The standard InChI is InChI=1S/C10H15N5O2/c1-6-12-8(14-13-6)10(17)15-5-3-4-7(15)9(16)11-2/h7H,3-5H2,1-2H3,(H,11,16)(H,12,13,14). The van der Waals surface area contributed by atoms with Crippen LogP contribution in [0, 0.1) is 6.92 Å². The van der Waals surface area contributed by atoms with E-state index in [0.717, 1.165) is 6.42 Å². The van der Waals surface area contributed by atoms with Crippen molar-refractivity contribution >= 4 is 11.8 Å². The van der Waals surface area contributed by atoms with Crippen molar-refractivity contribution in [1.29, 1.82) is 0 Å². The first kappa shape index (κ1) is 11.6. The lowest BCUT2D eigenvalue weighted by molar-refractivity contribution is -0.124. The number of hydrogen-bond acceptors (Lipinski definition) is 4. The maximum absolute atomic E-state index is 12.1. The van der Waals surface area contributed by atoms with E-state index in [0.29, 0.717) is 18.8 Å². The molecular formula is C10H15N5O2. The number of aromatic nitrogens is 3. The van der Waals surface area contributed by atoms with E-state index in [4.69, 9.17) is 0 Å². The van der Waals surface area contributed by atoms with Crippen LogP contribution in [0.5, 0.6) is 0 Å². The molecule has 1 fully saturated rings. The fourth-order valence-electron chi connectivity index (χ4n) is 2.02. The van der Waals surface area contributed by atoms with Gasteiger partial charge >= 0.3 is 0 Å². The monoisotopic (exact) mass is 237 g/mol. The highest BCUT2D eigenvalue weighted by Crippen LogP contribution is 2.19. The molecule has 1 aliphatic heterocycles. The molecule has 17 heavy (non-hydrogen) atoms. The molecule has 1 saturated heterocycles. The predicted octanol–water partition coefficient (Wildman–Crippen LogP) is -0.536. The molecule has 1 unspecified atom stereocenters. The van der Waals surface area contributed by atoms with E-state index in [1.54, 1.807) is 14.0 Å². The van der Waals surface area contributed by atoms with Gasteiger partial charge in [-0.3, -0.25) is 14.7 Å². The lowest BCUT2D eigenvalue weighted by Crippen LogP contribution is -2.45. The van der Waals surface area contributed by atoms with E-state index in [2.05, 4.69) is 20.5 Å². The van der Waals surface area contributed by atoms with Crippen LogP contribution >= 0.6 is 0 Å². The first-order valence-electron chi connectivity index (χ1n) is 5.55. The lowest BCUT2D eigenvalue weighted by atomic mass is 10.2. The number of likely N-dealkylation sites (N-methyl/N-ethyl adjacent to an activating group) is 1. The van der Waals surface area contributed by atoms with Crippen LogP contribution in [0.2, 0.25) is 0 Å². The molecule has 7 nitrogen and oxygen atoms in total. The Balaban J connectivity index is 2.16. The van der Waals surface area contributed by atoms with Crippen molar-refractivity contribution in [3.63, 3.8) is 0 Å². The quantitative estimate of drug-likeness (QED) is 0.723. The van der Waals surface area contributed by atoms with Crippen LogP contribution in [0.4, 0.5) is 0 Å². The highest BCUT2D eigenvalue weighted by Gasteiger charge is 2.35. The zero-order valence-corrected chi connectivity index (χ0v) is 9.86. The maximum atomic E-state index is 12.1. The van der Waals surface area contributed by atoms with E-state index in [1.807, 2.05) is 0 Å². The maximum Gasteiger partial charge on any atom is 0.294 e. The first-order chi connectivity index (χ1) is 8.13. The molecule has 2 rings (SSSR count). The third-order valence-electron chi connectivity index (χ3n) is 2.85. The molecule has 0 radical (unpaired) electrons. The molecule has 0 aliphatic carbocycles. The van der Waals surface area contributed by atoms with Crippen molar-refractivity contribution in [2.24, 2.45) is 0 Å². The number of rotatable bonds is 2. The molecule has 1 aromatic heterocycles. The molecule has 7 heteroatoms. The fourth-order valence-corrected chi connectivity index (χ4v) is 2.02. The summed E-state index contributed by atoms with van der Waals surface area (Å²) in [6.07, 6.45) is 1.52. The van der Waals surface area contributed by atoms with Crippen LogP contribution in [0.25, 0.3) is 0 Å². The van der Waals surface area contributed by atoms with E-state index >= 15 is 0 Å². The molecule has 92 valence electrons. The number of aryl methyl sites for hydroxylation is 1. The highest BCUT2D eigenvalue weighted by atomic mass is 16.2. The van der Waals surface area contributed by atoms with Crippen molar-refractivity contribution in [3.8, 4) is 0 Å². The third kappa shape index (κ3) is 2.13. The number of aromatic amines is 1. The summed E-state index contributed by atoms with van der Waals surface area (Å²) in [5.41, 5.74) is 0. The number of nitrogens with one attached hydrogen (secondary N) is 2. The van der Waals surface area contributed by atoms with Crippen LogP contribution in [0.3, 0.4) is 0 Å². The lowest BCUT2D eigenvalue weighted by Gasteiger charge is -2.21. The van der Waals surface area contributed by atoms with Crippen LogP contribution < -0.4 is 5.32 Å². The zero-order valence-electron chi connectivity index (χ0n) is 9.86. The van der Waals surface area contributed by atoms with Gasteiger partial charge in [-0.25, -0.2) is 4.98 Å². The number of hydrogen-bond donors (Lipinski definition) is 2. The molecule has 2 amide bonds. The number of carbonyl (C=O) groups excluding carboxylic acids is 2. The third-order valence-corrected chi connectivity index (χ3v) is 2.85. The predicted molar refractivity (Wildman–Crippen MR) is 59.2 cm³/mol. The Morgan fingerprint density at radius 3 is 2.88 bits per heavy atom. The largest absolute Gasteiger partial charge is 0.357 e. The number of carbonyl (C=O) groups is 2. The van der Waals surface area contributed by atoms with Gasteiger partial charge < -0.3 is 10.2 Å². The Bertz CT molecular complexity index is 442. The second kappa shape index (κ2) is 4.52. The summed E-state index contributed by atoms with van der Waals surface area (Å²) in [5, 5.41) is 9.01. The molecule has 0 bridgehead atoms. The Kier molecular flexibility index (Phi) is 3.08. The minimum absolute atomic E-state index is 0.123. The van der Waals surface area contributed by atoms with Gasteiger partial charge in [0.05, 0.1) is 0 Å². The molecular weight excluding hydrogens is 222 g/mol. The topological polar surface area (TPSA) is 91.0 Å². The van der Waals surface area contributed by atoms with E-state index in [-0.39, 0.29) is 17.6 Å². The SMILES string of the molecule is CNC(=O)C1CCCN1C(=O)c1n[nH]c(C)n1. The summed E-state index contributed by atoms with van der Waals surface area (Å²) in [4.78, 5) is 29.2. The van der Waals surface area contributed by atoms with Crippen molar-refractivity contribution in [2.45, 2.75) is 25.8 Å². The summed E-state index contributed by atoms with van der Waals surface area (Å²) in [7, 11) is 1.57. The first-order valence-corrected chi connectivity index (χ1v) is 5.55. The van der Waals surface area contributed by atoms with Crippen molar-refractivity contribution in [1.82, 2.24) is 25.4 Å². The fraction of sp³-hybridized carbons (Fsp3) is 0.600. The molecule has 1 aliphatic rings. The Labute approximate surface area is 98.6 Å². The van der Waals surface area contributed by atoms with Crippen molar-refractivity contribution in [2.75, 3.05) is 13.6 Å². The minimum Gasteiger partial charge on any atom is -0.357 e. The van der Waals surface area contributed by atoms with Gasteiger partial charge in [0.1, 0.15) is 11.9 Å². The summed E-state index contributed by atoms with van der Waals surface area (Å²) < 4.78 is 0. The number of likely N-dealkylation sites (tertiary alicyclic amines) is 1. The Morgan fingerprint density at radius 2 is 2.29 bits per heavy atom. The van der Waals surface area contributed by atoms with E-state index in [1.165, 1.54) is 4.90 Å². The van der Waals surface area contributed by atoms with E-state index < -0.39 is 6.04 Å². The Hall–Kier alpha value is -1.92. The molecule has 1 atom stereocenters. The molecule has 0 aromatic carbocycles. The smallest absolute Gasteiger partial charge is 0.294 e. The minimum atomic E-state index is -0.397. The number of amides is 2. The van der Waals surface area contributed by atoms with Gasteiger partial charge in [-0.05, 0) is 19.8 Å². The van der Waals surface area contributed by atoms with Crippen molar-refractivity contribution in [3.05, 3.63) is 11.6 Å². The summed E-state index contributed by atoms with van der Waals surface area (Å²) in [6, 6.07) is -0.397. The van der Waals surface area contributed by atoms with Crippen LogP contribution in [-0.2, 0) is 4.79 Å². The highest BCUT2D eigenvalue weighted by molar-refractivity contribution is 5.95. The average Bonchev–Trinajstić information content (AvgIpc) is 2.95. The number of H-pyrrole nitrogens is 1. The summed E-state index contributed by atoms with van der Waals surface area (Å²) in [5.74, 6) is 0.283. The Morgan fingerprint density at radius 1 is 1.53 bits per heavy atom. The molecule has 2 N–H and O–H groups in total. The second-order valence-corrected chi connectivity index (χ2v) is 4.02. The zero-order chi connectivity index (χ0) is 12.4. The van der Waals surface area contributed by atoms with Gasteiger partial charge in [0.25, 0.3) is 5.91 Å². The van der Waals surface area contributed by atoms with Gasteiger partial charge in [-0.2, -0.15) is 0 Å². The summed E-state index contributed by atoms with van der Waals surface area (Å²) in [6.45, 7) is 2.30. The van der Waals surface area contributed by atoms with Crippen LogP contribution in [0.15, 0.2) is 0 Å². The van der Waals surface area contributed by atoms with Gasteiger partial charge in [-0.1, -0.05) is 0 Å². The molecule has 0 spiro atoms. The number of nitrogens with zero attached hydrogens (tertiary/aromatic N) is 3. The van der Waals surface area contributed by atoms with Gasteiger partial charge in [0.15, 0.2) is 0 Å². The van der Waals surface area contributed by atoms with Gasteiger partial charge in [0, 0.05) is 13.6 Å². The molecule has 1 aromatic rings. The molecule has 0 saturated carbocycles. The second-order valence-electron chi connectivity index (χ2n) is 4.02. The average molecular weight is 237 g/mol. The molecule has 2 heterocycles. The van der Waals surface area contributed by atoms with E-state index in [9.17, 15) is 9.59 Å². The van der Waals surface area contributed by atoms with Crippen LogP contribution in [-0.4, -0.2) is 51.5 Å². The van der Waals surface area contributed by atoms with Gasteiger partial charge in [-0.15, -0.1) is 5.10 Å². The normalized spacial score (nSPS) is 19.4. The van der Waals surface area contributed by atoms with Crippen LogP contribution in [0.1, 0.15) is 29.3 Å². The van der Waals surface area contributed by atoms with Gasteiger partial charge in [0.2, 0.25) is 11.7 Å². The van der Waals surface area contributed by atoms with Crippen molar-refractivity contribution < 1.29 is 9.59 Å².